The van der Waals surface area contributed by atoms with E-state index < -0.39 is 0 Å². The molecule has 4 atom stereocenters. The average molecular weight is 292 g/mol. The Bertz CT molecular complexity index is 687. The summed E-state index contributed by atoms with van der Waals surface area (Å²) < 4.78 is 0. The van der Waals surface area contributed by atoms with Crippen molar-refractivity contribution in [1.29, 1.82) is 0 Å². The van der Waals surface area contributed by atoms with Gasteiger partial charge in [-0.2, -0.15) is 0 Å². The second-order valence-corrected chi connectivity index (χ2v) is 7.29. The Kier molecular flexibility index (Phi) is 2.32. The molecule has 2 heteroatoms. The van der Waals surface area contributed by atoms with Crippen LogP contribution in [-0.4, -0.2) is 10.2 Å². The molecule has 2 N–H and O–H groups in total. The normalized spacial score (nSPS) is 33.6. The number of phenols is 2. The second kappa shape index (κ2) is 4.07. The third kappa shape index (κ3) is 1.32. The fourth-order valence-electron chi connectivity index (χ4n) is 5.99. The molecular formula is C20H20O2. The molecule has 0 heterocycles. The fraction of sp³-hybridized carbons (Fsp3) is 0.400. The Morgan fingerprint density at radius 3 is 1.64 bits per heavy atom. The number of benzene rings is 2. The maximum atomic E-state index is 10.5. The van der Waals surface area contributed by atoms with Crippen molar-refractivity contribution in [3.8, 4) is 11.5 Å². The van der Waals surface area contributed by atoms with Crippen LogP contribution >= 0.6 is 0 Å². The Morgan fingerprint density at radius 1 is 0.727 bits per heavy atom. The molecule has 0 aromatic heterocycles. The van der Waals surface area contributed by atoms with Crippen LogP contribution in [0.4, 0.5) is 0 Å². The first-order valence-electron chi connectivity index (χ1n) is 8.31. The number of fused-ring (bicyclic) bond motifs is 5. The van der Waals surface area contributed by atoms with Crippen LogP contribution in [0.1, 0.15) is 30.4 Å². The predicted molar refractivity (Wildman–Crippen MR) is 84.8 cm³/mol. The molecule has 112 valence electrons. The van der Waals surface area contributed by atoms with Gasteiger partial charge >= 0.3 is 0 Å². The molecule has 0 saturated heterocycles. The van der Waals surface area contributed by atoms with Crippen LogP contribution in [0.25, 0.3) is 0 Å². The Balaban J connectivity index is 1.76. The molecule has 4 unspecified atom stereocenters. The first kappa shape index (κ1) is 12.6. The molecule has 3 fully saturated rings. The van der Waals surface area contributed by atoms with Gasteiger partial charge in [0.05, 0.1) is 0 Å². The van der Waals surface area contributed by atoms with Crippen molar-refractivity contribution in [2.24, 2.45) is 23.7 Å². The van der Waals surface area contributed by atoms with E-state index in [0.717, 1.165) is 23.0 Å². The van der Waals surface area contributed by atoms with E-state index in [4.69, 9.17) is 0 Å². The third-order valence-electron chi connectivity index (χ3n) is 6.56. The molecule has 0 radical (unpaired) electrons. The van der Waals surface area contributed by atoms with E-state index in [1.165, 1.54) is 19.3 Å². The van der Waals surface area contributed by atoms with Gasteiger partial charge in [-0.15, -0.1) is 0 Å². The van der Waals surface area contributed by atoms with Crippen LogP contribution in [0.3, 0.4) is 0 Å². The molecule has 3 saturated carbocycles. The van der Waals surface area contributed by atoms with Crippen molar-refractivity contribution < 1.29 is 10.2 Å². The maximum absolute atomic E-state index is 10.5. The largest absolute Gasteiger partial charge is 0.508 e. The van der Waals surface area contributed by atoms with E-state index in [1.807, 2.05) is 24.3 Å². The van der Waals surface area contributed by atoms with Crippen LogP contribution in [0.2, 0.25) is 0 Å². The minimum atomic E-state index is -0.166. The minimum absolute atomic E-state index is 0.166. The monoisotopic (exact) mass is 292 g/mol. The summed E-state index contributed by atoms with van der Waals surface area (Å²) in [5, 5.41) is 21.0. The lowest BCUT2D eigenvalue weighted by molar-refractivity contribution is 0.407. The minimum Gasteiger partial charge on any atom is -0.508 e. The zero-order chi connectivity index (χ0) is 14.9. The van der Waals surface area contributed by atoms with E-state index in [-0.39, 0.29) is 5.41 Å². The Morgan fingerprint density at radius 2 is 1.18 bits per heavy atom. The van der Waals surface area contributed by atoms with Gasteiger partial charge in [-0.25, -0.2) is 0 Å². The number of para-hydroxylation sites is 2. The summed E-state index contributed by atoms with van der Waals surface area (Å²) in [5.74, 6) is 3.45. The van der Waals surface area contributed by atoms with Crippen LogP contribution < -0.4 is 0 Å². The highest BCUT2D eigenvalue weighted by molar-refractivity contribution is 5.59. The predicted octanol–water partition coefficient (Wildman–Crippen LogP) is 4.06. The molecule has 5 rings (SSSR count). The van der Waals surface area contributed by atoms with Gasteiger partial charge in [0.25, 0.3) is 0 Å². The highest BCUT2D eigenvalue weighted by Gasteiger charge is 2.76. The van der Waals surface area contributed by atoms with Crippen LogP contribution in [-0.2, 0) is 5.41 Å². The zero-order valence-electron chi connectivity index (χ0n) is 12.4. The van der Waals surface area contributed by atoms with Crippen molar-refractivity contribution >= 4 is 0 Å². The van der Waals surface area contributed by atoms with E-state index >= 15 is 0 Å². The lowest BCUT2D eigenvalue weighted by Gasteiger charge is -2.26. The van der Waals surface area contributed by atoms with Crippen molar-refractivity contribution in [3.05, 3.63) is 59.7 Å². The van der Waals surface area contributed by atoms with Gasteiger partial charge in [-0.1, -0.05) is 36.4 Å². The van der Waals surface area contributed by atoms with E-state index in [0.29, 0.717) is 23.3 Å². The number of aromatic hydroxyl groups is 2. The highest BCUT2D eigenvalue weighted by atomic mass is 16.3. The second-order valence-electron chi connectivity index (χ2n) is 7.29. The lowest BCUT2D eigenvalue weighted by atomic mass is 9.78. The molecule has 22 heavy (non-hydrogen) atoms. The SMILES string of the molecule is Oc1ccccc1C1(c2ccccc2O)C2C3CCC(C3)C21. The summed E-state index contributed by atoms with van der Waals surface area (Å²) in [6.45, 7) is 0. The average Bonchev–Trinajstić information content (AvgIpc) is 2.85. The molecule has 3 aliphatic rings. The molecule has 0 amide bonds. The fourth-order valence-corrected chi connectivity index (χ4v) is 5.99. The molecule has 2 aromatic carbocycles. The Hall–Kier alpha value is -1.96. The van der Waals surface area contributed by atoms with Crippen molar-refractivity contribution in [3.63, 3.8) is 0 Å². The van der Waals surface area contributed by atoms with Crippen LogP contribution in [0, 0.1) is 23.7 Å². The maximum Gasteiger partial charge on any atom is 0.119 e. The van der Waals surface area contributed by atoms with E-state index in [2.05, 4.69) is 12.1 Å². The van der Waals surface area contributed by atoms with Gasteiger partial charge in [-0.05, 0) is 55.1 Å². The van der Waals surface area contributed by atoms with Gasteiger partial charge < -0.3 is 10.2 Å². The summed E-state index contributed by atoms with van der Waals surface area (Å²) in [6.07, 6.45) is 3.97. The van der Waals surface area contributed by atoms with Gasteiger partial charge in [0.1, 0.15) is 11.5 Å². The smallest absolute Gasteiger partial charge is 0.119 e. The molecular weight excluding hydrogens is 272 g/mol. The van der Waals surface area contributed by atoms with E-state index in [9.17, 15) is 10.2 Å². The molecule has 0 spiro atoms. The standard InChI is InChI=1S/C20H20O2/c21-16-7-3-1-5-14(16)20(15-6-2-4-8-17(15)22)18-12-9-10-13(11-12)19(18)20/h1-8,12-13,18-19,21-22H,9-11H2. The third-order valence-corrected chi connectivity index (χ3v) is 6.56. The summed E-state index contributed by atoms with van der Waals surface area (Å²) in [4.78, 5) is 0. The number of rotatable bonds is 2. The quantitative estimate of drug-likeness (QED) is 0.876. The zero-order valence-corrected chi connectivity index (χ0v) is 12.4. The Labute approximate surface area is 130 Å². The molecule has 2 nitrogen and oxygen atoms in total. The van der Waals surface area contributed by atoms with Gasteiger partial charge in [0.2, 0.25) is 0 Å². The van der Waals surface area contributed by atoms with Crippen LogP contribution in [0.15, 0.2) is 48.5 Å². The van der Waals surface area contributed by atoms with Gasteiger partial charge in [-0.3, -0.25) is 0 Å². The molecule has 2 aromatic rings. The summed E-state index contributed by atoms with van der Waals surface area (Å²) in [6, 6.07) is 15.5. The first-order valence-corrected chi connectivity index (χ1v) is 8.31. The first-order chi connectivity index (χ1) is 10.7. The van der Waals surface area contributed by atoms with Crippen molar-refractivity contribution in [2.75, 3.05) is 0 Å². The van der Waals surface area contributed by atoms with Crippen LogP contribution in [0.5, 0.6) is 11.5 Å². The van der Waals surface area contributed by atoms with Crippen molar-refractivity contribution in [2.45, 2.75) is 24.7 Å². The lowest BCUT2D eigenvalue weighted by Crippen LogP contribution is -2.20. The van der Waals surface area contributed by atoms with Gasteiger partial charge in [0.15, 0.2) is 0 Å². The highest BCUT2D eigenvalue weighted by Crippen LogP contribution is 2.79. The topological polar surface area (TPSA) is 40.5 Å². The number of hydrogen-bond donors (Lipinski definition) is 2. The van der Waals surface area contributed by atoms with Gasteiger partial charge in [0, 0.05) is 16.5 Å². The number of phenolic OH excluding ortho intramolecular Hbond substituents is 2. The summed E-state index contributed by atoms with van der Waals surface area (Å²) in [5.41, 5.74) is 1.87. The number of hydrogen-bond acceptors (Lipinski definition) is 2. The van der Waals surface area contributed by atoms with E-state index in [1.54, 1.807) is 12.1 Å². The van der Waals surface area contributed by atoms with Crippen molar-refractivity contribution in [1.82, 2.24) is 0 Å². The molecule has 2 bridgehead atoms. The summed E-state index contributed by atoms with van der Waals surface area (Å²) >= 11 is 0. The summed E-state index contributed by atoms with van der Waals surface area (Å²) in [7, 11) is 0. The molecule has 0 aliphatic heterocycles. The molecule has 3 aliphatic carbocycles.